The molecule has 2 aliphatic rings. The molecule has 0 aliphatic heterocycles. The normalized spacial score (nSPS) is 33.5. The Balaban J connectivity index is 1.69. The molecule has 3 unspecified atom stereocenters. The van der Waals surface area contributed by atoms with E-state index in [0.29, 0.717) is 0 Å². The first kappa shape index (κ1) is 13.4. The van der Waals surface area contributed by atoms with Gasteiger partial charge in [-0.3, -0.25) is 0 Å². The Hall–Kier alpha value is -0.0400. The summed E-state index contributed by atoms with van der Waals surface area (Å²) in [5.74, 6) is 2.87. The third-order valence-corrected chi connectivity index (χ3v) is 5.35. The second-order valence-corrected chi connectivity index (χ2v) is 6.62. The first-order valence-electron chi connectivity index (χ1n) is 8.00. The highest BCUT2D eigenvalue weighted by atomic mass is 14.9. The van der Waals surface area contributed by atoms with E-state index in [1.165, 1.54) is 64.3 Å². The molecule has 2 aliphatic carbocycles. The van der Waals surface area contributed by atoms with Gasteiger partial charge in [-0.1, -0.05) is 45.4 Å². The van der Waals surface area contributed by atoms with Crippen LogP contribution in [0.4, 0.5) is 0 Å². The molecule has 0 aromatic heterocycles. The molecular formula is C16H31N. The van der Waals surface area contributed by atoms with Crippen LogP contribution in [0.25, 0.3) is 0 Å². The lowest BCUT2D eigenvalue weighted by Crippen LogP contribution is -2.39. The molecule has 0 spiro atoms. The topological polar surface area (TPSA) is 12.0 Å². The first-order valence-corrected chi connectivity index (χ1v) is 8.00. The molecule has 1 N–H and O–H groups in total. The molecule has 1 heteroatoms. The Labute approximate surface area is 108 Å². The zero-order chi connectivity index (χ0) is 12.1. The van der Waals surface area contributed by atoms with E-state index in [-0.39, 0.29) is 0 Å². The maximum absolute atomic E-state index is 3.85. The van der Waals surface area contributed by atoms with Crippen molar-refractivity contribution in [3.05, 3.63) is 0 Å². The van der Waals surface area contributed by atoms with Gasteiger partial charge in [0, 0.05) is 6.04 Å². The van der Waals surface area contributed by atoms with Crippen LogP contribution < -0.4 is 5.32 Å². The Morgan fingerprint density at radius 3 is 2.29 bits per heavy atom. The molecule has 0 aromatic rings. The van der Waals surface area contributed by atoms with Crippen LogP contribution in [0.2, 0.25) is 0 Å². The second-order valence-electron chi connectivity index (χ2n) is 6.62. The Morgan fingerprint density at radius 2 is 1.59 bits per heavy atom. The minimum atomic E-state index is 0.754. The number of nitrogens with one attached hydrogen (secondary N) is 1. The summed E-state index contributed by atoms with van der Waals surface area (Å²) in [5, 5.41) is 3.85. The van der Waals surface area contributed by atoms with Crippen LogP contribution in [0.3, 0.4) is 0 Å². The molecule has 3 atom stereocenters. The summed E-state index contributed by atoms with van der Waals surface area (Å²) in [7, 11) is 0. The Kier molecular flexibility index (Phi) is 5.34. The van der Waals surface area contributed by atoms with Crippen molar-refractivity contribution in [3.8, 4) is 0 Å². The molecular weight excluding hydrogens is 206 g/mol. The van der Waals surface area contributed by atoms with E-state index in [9.17, 15) is 0 Å². The molecule has 17 heavy (non-hydrogen) atoms. The highest BCUT2D eigenvalue weighted by Crippen LogP contribution is 2.30. The lowest BCUT2D eigenvalue weighted by molar-refractivity contribution is 0.218. The summed E-state index contributed by atoms with van der Waals surface area (Å²) in [4.78, 5) is 0. The van der Waals surface area contributed by atoms with E-state index < -0.39 is 0 Å². The molecule has 1 nitrogen and oxygen atoms in total. The van der Waals surface area contributed by atoms with Crippen molar-refractivity contribution in [2.24, 2.45) is 17.8 Å². The van der Waals surface area contributed by atoms with Crippen LogP contribution in [-0.2, 0) is 0 Å². The largest absolute Gasteiger partial charge is 0.314 e. The van der Waals surface area contributed by atoms with Gasteiger partial charge in [0.05, 0.1) is 0 Å². The van der Waals surface area contributed by atoms with E-state index in [1.54, 1.807) is 0 Å². The van der Waals surface area contributed by atoms with Crippen molar-refractivity contribution in [2.45, 2.75) is 77.7 Å². The van der Waals surface area contributed by atoms with Crippen molar-refractivity contribution >= 4 is 0 Å². The van der Waals surface area contributed by atoms with E-state index >= 15 is 0 Å². The van der Waals surface area contributed by atoms with Crippen LogP contribution in [-0.4, -0.2) is 12.6 Å². The lowest BCUT2D eigenvalue weighted by atomic mass is 9.79. The quantitative estimate of drug-likeness (QED) is 0.765. The average molecular weight is 237 g/mol. The van der Waals surface area contributed by atoms with Gasteiger partial charge in [-0.2, -0.15) is 0 Å². The van der Waals surface area contributed by atoms with Crippen molar-refractivity contribution in [1.29, 1.82) is 0 Å². The minimum absolute atomic E-state index is 0.754. The maximum Gasteiger partial charge on any atom is 0.00671 e. The van der Waals surface area contributed by atoms with Crippen LogP contribution in [0.5, 0.6) is 0 Å². The maximum atomic E-state index is 3.85. The molecule has 0 aromatic carbocycles. The number of hydrogen-bond donors (Lipinski definition) is 1. The smallest absolute Gasteiger partial charge is 0.00671 e. The van der Waals surface area contributed by atoms with Crippen LogP contribution in [0.15, 0.2) is 0 Å². The van der Waals surface area contributed by atoms with Crippen LogP contribution in [0.1, 0.15) is 71.6 Å². The first-order chi connectivity index (χ1) is 8.27. The van der Waals surface area contributed by atoms with Crippen molar-refractivity contribution in [1.82, 2.24) is 5.32 Å². The molecule has 0 bridgehead atoms. The number of hydrogen-bond acceptors (Lipinski definition) is 1. The predicted octanol–water partition coefficient (Wildman–Crippen LogP) is 4.37. The molecule has 0 amide bonds. The Morgan fingerprint density at radius 1 is 0.941 bits per heavy atom. The van der Waals surface area contributed by atoms with Gasteiger partial charge in [-0.25, -0.2) is 0 Å². The zero-order valence-electron chi connectivity index (χ0n) is 11.9. The lowest BCUT2D eigenvalue weighted by Gasteiger charge is -2.33. The summed E-state index contributed by atoms with van der Waals surface area (Å²) in [6, 6.07) is 0.754. The van der Waals surface area contributed by atoms with E-state index in [1.807, 2.05) is 0 Å². The van der Waals surface area contributed by atoms with Gasteiger partial charge in [0.2, 0.25) is 0 Å². The van der Waals surface area contributed by atoms with Gasteiger partial charge in [0.15, 0.2) is 0 Å². The fourth-order valence-electron chi connectivity index (χ4n) is 3.83. The summed E-state index contributed by atoms with van der Waals surface area (Å²) >= 11 is 0. The highest BCUT2D eigenvalue weighted by molar-refractivity contribution is 4.79. The molecule has 2 rings (SSSR count). The molecule has 2 saturated carbocycles. The SMILES string of the molecule is CC1CCCCC1CNC(C)C1CCCCC1. The zero-order valence-corrected chi connectivity index (χ0v) is 11.9. The molecule has 0 radical (unpaired) electrons. The summed E-state index contributed by atoms with van der Waals surface area (Å²) < 4.78 is 0. The Bertz CT molecular complexity index is 208. The number of rotatable bonds is 4. The minimum Gasteiger partial charge on any atom is -0.314 e. The van der Waals surface area contributed by atoms with Gasteiger partial charge in [-0.05, 0) is 50.5 Å². The second kappa shape index (κ2) is 6.78. The average Bonchev–Trinajstić information content (AvgIpc) is 2.38. The van der Waals surface area contributed by atoms with Gasteiger partial charge in [-0.15, -0.1) is 0 Å². The molecule has 0 heterocycles. The van der Waals surface area contributed by atoms with Gasteiger partial charge in [0.25, 0.3) is 0 Å². The van der Waals surface area contributed by atoms with Crippen LogP contribution >= 0.6 is 0 Å². The van der Waals surface area contributed by atoms with Crippen molar-refractivity contribution in [3.63, 3.8) is 0 Å². The predicted molar refractivity (Wildman–Crippen MR) is 75.2 cm³/mol. The summed E-state index contributed by atoms with van der Waals surface area (Å²) in [6.07, 6.45) is 13.2. The van der Waals surface area contributed by atoms with E-state index in [0.717, 1.165) is 23.8 Å². The van der Waals surface area contributed by atoms with Crippen molar-refractivity contribution in [2.75, 3.05) is 6.54 Å². The van der Waals surface area contributed by atoms with Gasteiger partial charge >= 0.3 is 0 Å². The van der Waals surface area contributed by atoms with Crippen LogP contribution in [0, 0.1) is 17.8 Å². The van der Waals surface area contributed by atoms with E-state index in [4.69, 9.17) is 0 Å². The fraction of sp³-hybridized carbons (Fsp3) is 1.00. The fourth-order valence-corrected chi connectivity index (χ4v) is 3.83. The van der Waals surface area contributed by atoms with Gasteiger partial charge in [0.1, 0.15) is 0 Å². The summed E-state index contributed by atoms with van der Waals surface area (Å²) in [5.41, 5.74) is 0. The highest BCUT2D eigenvalue weighted by Gasteiger charge is 2.24. The van der Waals surface area contributed by atoms with Gasteiger partial charge < -0.3 is 5.32 Å². The third-order valence-electron chi connectivity index (χ3n) is 5.35. The monoisotopic (exact) mass is 237 g/mol. The summed E-state index contributed by atoms with van der Waals surface area (Å²) in [6.45, 7) is 6.15. The molecule has 0 saturated heterocycles. The molecule has 2 fully saturated rings. The standard InChI is InChI=1S/C16H31N/c1-13-8-6-7-11-16(13)12-17-14(2)15-9-4-3-5-10-15/h13-17H,3-12H2,1-2H3. The van der Waals surface area contributed by atoms with Crippen molar-refractivity contribution < 1.29 is 0 Å². The van der Waals surface area contributed by atoms with E-state index in [2.05, 4.69) is 19.2 Å². The molecule has 100 valence electrons. The third kappa shape index (κ3) is 3.98.